The molecular formula is C13H10N2O. The van der Waals surface area contributed by atoms with Crippen LogP contribution in [0.1, 0.15) is 17.0 Å². The van der Waals surface area contributed by atoms with E-state index in [2.05, 4.69) is 9.97 Å². The molecule has 0 spiro atoms. The molecule has 0 radical (unpaired) electrons. The van der Waals surface area contributed by atoms with Crippen LogP contribution in [0.15, 0.2) is 24.3 Å². The zero-order valence-electron chi connectivity index (χ0n) is 8.90. The zero-order chi connectivity index (χ0) is 11.1. The van der Waals surface area contributed by atoms with E-state index in [0.717, 1.165) is 28.0 Å². The van der Waals surface area contributed by atoms with Gasteiger partial charge in [0.05, 0.1) is 28.8 Å². The van der Waals surface area contributed by atoms with E-state index in [1.807, 2.05) is 25.1 Å². The Morgan fingerprint density at radius 3 is 2.94 bits per heavy atom. The van der Waals surface area contributed by atoms with Gasteiger partial charge in [0, 0.05) is 0 Å². The van der Waals surface area contributed by atoms with Crippen molar-refractivity contribution >= 4 is 22.9 Å². The smallest absolute Gasteiger partial charge is 0.161 e. The average Bonchev–Trinajstić information content (AvgIpc) is 2.28. The molecule has 0 N–H and O–H groups in total. The fraction of sp³-hybridized carbons (Fsp3) is 0.154. The maximum absolute atomic E-state index is 11.3. The minimum absolute atomic E-state index is 0.0923. The number of carbonyl (C=O) groups is 1. The van der Waals surface area contributed by atoms with Crippen LogP contribution in [-0.2, 0) is 11.2 Å². The Kier molecular flexibility index (Phi) is 1.86. The van der Waals surface area contributed by atoms with E-state index in [-0.39, 0.29) is 5.78 Å². The number of carbonyl (C=O) groups excluding carboxylic acids is 1. The number of benzene rings is 1. The van der Waals surface area contributed by atoms with Gasteiger partial charge < -0.3 is 0 Å². The topological polar surface area (TPSA) is 42.9 Å². The summed E-state index contributed by atoms with van der Waals surface area (Å²) in [5.74, 6) is 0.0923. The zero-order valence-corrected chi connectivity index (χ0v) is 8.90. The van der Waals surface area contributed by atoms with Gasteiger partial charge in [0.2, 0.25) is 0 Å². The number of nitrogens with zero attached hydrogens (tertiary/aromatic N) is 2. The third kappa shape index (κ3) is 1.33. The van der Waals surface area contributed by atoms with Crippen LogP contribution < -0.4 is 0 Å². The van der Waals surface area contributed by atoms with Gasteiger partial charge in [-0.2, -0.15) is 0 Å². The molecule has 78 valence electrons. The first-order valence-corrected chi connectivity index (χ1v) is 5.21. The van der Waals surface area contributed by atoms with Gasteiger partial charge in [-0.25, -0.2) is 9.97 Å². The highest BCUT2D eigenvalue weighted by Crippen LogP contribution is 2.20. The van der Waals surface area contributed by atoms with Crippen molar-refractivity contribution in [3.8, 4) is 0 Å². The van der Waals surface area contributed by atoms with Gasteiger partial charge in [0.1, 0.15) is 0 Å². The summed E-state index contributed by atoms with van der Waals surface area (Å²) in [6.45, 7) is 2.00. The maximum atomic E-state index is 11.3. The van der Waals surface area contributed by atoms with Crippen molar-refractivity contribution in [1.82, 2.24) is 9.97 Å². The molecule has 0 saturated heterocycles. The molecule has 1 aromatic carbocycles. The van der Waals surface area contributed by atoms with E-state index < -0.39 is 0 Å². The van der Waals surface area contributed by atoms with Crippen molar-refractivity contribution in [2.24, 2.45) is 0 Å². The molecule has 0 saturated carbocycles. The molecule has 0 fully saturated rings. The summed E-state index contributed by atoms with van der Waals surface area (Å²) < 4.78 is 0. The first-order chi connectivity index (χ1) is 7.74. The second-order valence-corrected chi connectivity index (χ2v) is 3.97. The average molecular weight is 210 g/mol. The summed E-state index contributed by atoms with van der Waals surface area (Å²) in [5, 5.41) is 0. The van der Waals surface area contributed by atoms with Gasteiger partial charge in [-0.1, -0.05) is 12.1 Å². The molecule has 16 heavy (non-hydrogen) atoms. The highest BCUT2D eigenvalue weighted by molar-refractivity contribution is 5.98. The van der Waals surface area contributed by atoms with Crippen LogP contribution in [0, 0.1) is 6.92 Å². The Hall–Kier alpha value is -2.03. The van der Waals surface area contributed by atoms with Gasteiger partial charge in [0.25, 0.3) is 0 Å². The van der Waals surface area contributed by atoms with Gasteiger partial charge in [-0.15, -0.1) is 0 Å². The van der Waals surface area contributed by atoms with E-state index in [1.54, 1.807) is 12.2 Å². The minimum Gasteiger partial charge on any atom is -0.294 e. The largest absolute Gasteiger partial charge is 0.294 e. The quantitative estimate of drug-likeness (QED) is 0.668. The van der Waals surface area contributed by atoms with Crippen LogP contribution in [0.2, 0.25) is 0 Å². The molecule has 1 aliphatic rings. The monoisotopic (exact) mass is 210 g/mol. The molecule has 1 heterocycles. The van der Waals surface area contributed by atoms with Gasteiger partial charge in [-0.3, -0.25) is 4.79 Å². The lowest BCUT2D eigenvalue weighted by Crippen LogP contribution is -2.09. The molecule has 3 heteroatoms. The molecule has 0 bridgehead atoms. The number of rotatable bonds is 0. The summed E-state index contributed by atoms with van der Waals surface area (Å²) in [7, 11) is 0. The van der Waals surface area contributed by atoms with Gasteiger partial charge in [-0.05, 0) is 30.7 Å². The maximum Gasteiger partial charge on any atom is 0.161 e. The van der Waals surface area contributed by atoms with E-state index in [4.69, 9.17) is 0 Å². The third-order valence-electron chi connectivity index (χ3n) is 2.77. The van der Waals surface area contributed by atoms with E-state index in [9.17, 15) is 4.79 Å². The Morgan fingerprint density at radius 2 is 2.06 bits per heavy atom. The Balaban J connectivity index is 2.34. The standard InChI is InChI=1S/C13H10N2O/c1-8-3-2-4-11-13(8)15-12-7-9(16)5-6-10(12)14-11/h2-6H,7H2,1H3. The summed E-state index contributed by atoms with van der Waals surface area (Å²) in [5.41, 5.74) is 4.48. The van der Waals surface area contributed by atoms with E-state index >= 15 is 0 Å². The van der Waals surface area contributed by atoms with Gasteiger partial charge >= 0.3 is 0 Å². The van der Waals surface area contributed by atoms with E-state index in [1.165, 1.54) is 0 Å². The fourth-order valence-electron chi connectivity index (χ4n) is 1.93. The SMILES string of the molecule is Cc1cccc2nc3c(nc12)CC(=O)C=C3. The van der Waals surface area contributed by atoms with Crippen LogP contribution in [0.25, 0.3) is 17.1 Å². The summed E-state index contributed by atoms with van der Waals surface area (Å²) in [6.07, 6.45) is 3.68. The van der Waals surface area contributed by atoms with Crippen LogP contribution in [0.4, 0.5) is 0 Å². The Labute approximate surface area is 92.8 Å². The van der Waals surface area contributed by atoms with E-state index in [0.29, 0.717) is 6.42 Å². The number of allylic oxidation sites excluding steroid dienone is 1. The van der Waals surface area contributed by atoms with Gasteiger partial charge in [0.15, 0.2) is 5.78 Å². The summed E-state index contributed by atoms with van der Waals surface area (Å²) in [4.78, 5) is 20.3. The number of aryl methyl sites for hydroxylation is 1. The number of fused-ring (bicyclic) bond motifs is 2. The number of hydrogen-bond acceptors (Lipinski definition) is 3. The lowest BCUT2D eigenvalue weighted by Gasteiger charge is -2.10. The van der Waals surface area contributed by atoms with Crippen LogP contribution in [0.3, 0.4) is 0 Å². The van der Waals surface area contributed by atoms with Crippen molar-refractivity contribution in [1.29, 1.82) is 0 Å². The second-order valence-electron chi connectivity index (χ2n) is 3.97. The number of aromatic nitrogens is 2. The number of para-hydroxylation sites is 1. The third-order valence-corrected chi connectivity index (χ3v) is 2.77. The summed E-state index contributed by atoms with van der Waals surface area (Å²) >= 11 is 0. The van der Waals surface area contributed by atoms with Crippen molar-refractivity contribution in [2.75, 3.05) is 0 Å². The predicted octanol–water partition coefficient (Wildman–Crippen LogP) is 2.08. The molecule has 2 aromatic rings. The van der Waals surface area contributed by atoms with Crippen molar-refractivity contribution in [2.45, 2.75) is 13.3 Å². The highest BCUT2D eigenvalue weighted by atomic mass is 16.1. The molecule has 3 rings (SSSR count). The fourth-order valence-corrected chi connectivity index (χ4v) is 1.93. The molecule has 1 aromatic heterocycles. The van der Waals surface area contributed by atoms with Crippen molar-refractivity contribution in [3.05, 3.63) is 41.2 Å². The normalized spacial score (nSPS) is 14.2. The predicted molar refractivity (Wildman–Crippen MR) is 62.0 cm³/mol. The first kappa shape index (κ1) is 9.21. The number of ketones is 1. The molecule has 0 aliphatic heterocycles. The molecule has 1 aliphatic carbocycles. The molecule has 0 amide bonds. The van der Waals surface area contributed by atoms with Crippen LogP contribution in [0.5, 0.6) is 0 Å². The molecule has 3 nitrogen and oxygen atoms in total. The van der Waals surface area contributed by atoms with Crippen LogP contribution >= 0.6 is 0 Å². The molecule has 0 unspecified atom stereocenters. The first-order valence-electron chi connectivity index (χ1n) is 5.21. The molecular weight excluding hydrogens is 200 g/mol. The second kappa shape index (κ2) is 3.23. The van der Waals surface area contributed by atoms with Crippen LogP contribution in [-0.4, -0.2) is 15.8 Å². The Bertz CT molecular complexity index is 629. The lowest BCUT2D eigenvalue weighted by atomic mass is 10.1. The highest BCUT2D eigenvalue weighted by Gasteiger charge is 2.14. The summed E-state index contributed by atoms with van der Waals surface area (Å²) in [6, 6.07) is 5.92. The minimum atomic E-state index is 0.0923. The molecule has 0 atom stereocenters. The number of hydrogen-bond donors (Lipinski definition) is 0. The van der Waals surface area contributed by atoms with Crippen molar-refractivity contribution < 1.29 is 4.79 Å². The Morgan fingerprint density at radius 1 is 1.19 bits per heavy atom. The lowest BCUT2D eigenvalue weighted by molar-refractivity contribution is -0.114. The van der Waals surface area contributed by atoms with Crippen molar-refractivity contribution in [3.63, 3.8) is 0 Å².